The van der Waals surface area contributed by atoms with Crippen LogP contribution < -0.4 is 5.32 Å². The van der Waals surface area contributed by atoms with Gasteiger partial charge >= 0.3 is 5.69 Å². The summed E-state index contributed by atoms with van der Waals surface area (Å²) in [5.74, 6) is -1.44. The first kappa shape index (κ1) is 14.6. The number of carbonyl (C=O) groups excluding carboxylic acids is 1. The Kier molecular flexibility index (Phi) is 4.60. The lowest BCUT2D eigenvalue weighted by molar-refractivity contribution is -0.387. The fourth-order valence-corrected chi connectivity index (χ4v) is 1.77. The second-order valence-corrected chi connectivity index (χ2v) is 4.30. The number of nitrogens with zero attached hydrogens (tertiary/aromatic N) is 3. The molecule has 110 valence electrons. The second kappa shape index (κ2) is 6.60. The summed E-state index contributed by atoms with van der Waals surface area (Å²) in [6.45, 7) is 1.04. The van der Waals surface area contributed by atoms with Gasteiger partial charge in [-0.2, -0.15) is 9.49 Å². The molecular formula is C13H13FN4O3. The van der Waals surface area contributed by atoms with E-state index in [0.29, 0.717) is 19.5 Å². The molecule has 0 spiro atoms. The molecule has 0 aliphatic heterocycles. The molecule has 0 saturated carbocycles. The van der Waals surface area contributed by atoms with Gasteiger partial charge in [0.05, 0.1) is 4.92 Å². The number of aryl methyl sites for hydroxylation is 1. The van der Waals surface area contributed by atoms with Gasteiger partial charge in [0, 0.05) is 37.1 Å². The van der Waals surface area contributed by atoms with E-state index < -0.39 is 22.3 Å². The number of carbonyl (C=O) groups is 1. The van der Waals surface area contributed by atoms with E-state index in [1.165, 1.54) is 6.07 Å². The van der Waals surface area contributed by atoms with E-state index in [0.717, 1.165) is 12.1 Å². The maximum atomic E-state index is 13.2. The molecule has 1 heterocycles. The fourth-order valence-electron chi connectivity index (χ4n) is 1.77. The Balaban J connectivity index is 1.88. The molecular weight excluding hydrogens is 279 g/mol. The minimum Gasteiger partial charge on any atom is -0.352 e. The summed E-state index contributed by atoms with van der Waals surface area (Å²) < 4.78 is 14.9. The van der Waals surface area contributed by atoms with Crippen molar-refractivity contribution in [2.75, 3.05) is 6.54 Å². The number of nitrogens with one attached hydrogen (secondary N) is 1. The van der Waals surface area contributed by atoms with Crippen molar-refractivity contribution < 1.29 is 14.1 Å². The molecule has 0 unspecified atom stereocenters. The standard InChI is InChI=1S/C13H13FN4O3/c14-11-4-3-10(9-12(11)18(20)21)13(19)15-5-1-7-17-8-2-6-16-17/h2-4,6,8-9H,1,5,7H2,(H,15,19). The van der Waals surface area contributed by atoms with Crippen molar-refractivity contribution in [1.82, 2.24) is 15.1 Å². The molecule has 0 fully saturated rings. The highest BCUT2D eigenvalue weighted by Crippen LogP contribution is 2.18. The van der Waals surface area contributed by atoms with E-state index in [2.05, 4.69) is 10.4 Å². The zero-order valence-corrected chi connectivity index (χ0v) is 11.0. The van der Waals surface area contributed by atoms with Crippen molar-refractivity contribution in [3.8, 4) is 0 Å². The summed E-state index contributed by atoms with van der Waals surface area (Å²) >= 11 is 0. The van der Waals surface area contributed by atoms with Crippen LogP contribution in [0.25, 0.3) is 0 Å². The molecule has 0 bridgehead atoms. The van der Waals surface area contributed by atoms with Gasteiger partial charge < -0.3 is 5.32 Å². The maximum absolute atomic E-state index is 13.2. The lowest BCUT2D eigenvalue weighted by Crippen LogP contribution is -2.25. The molecule has 21 heavy (non-hydrogen) atoms. The van der Waals surface area contributed by atoms with Crippen LogP contribution in [-0.4, -0.2) is 27.2 Å². The van der Waals surface area contributed by atoms with Crippen molar-refractivity contribution in [2.24, 2.45) is 0 Å². The summed E-state index contributed by atoms with van der Waals surface area (Å²) in [4.78, 5) is 21.6. The van der Waals surface area contributed by atoms with Crippen LogP contribution in [-0.2, 0) is 6.54 Å². The molecule has 0 radical (unpaired) electrons. The normalized spacial score (nSPS) is 10.3. The van der Waals surface area contributed by atoms with Crippen LogP contribution in [0.3, 0.4) is 0 Å². The largest absolute Gasteiger partial charge is 0.352 e. The van der Waals surface area contributed by atoms with Crippen LogP contribution in [0.4, 0.5) is 10.1 Å². The molecule has 7 nitrogen and oxygen atoms in total. The number of aromatic nitrogens is 2. The third kappa shape index (κ3) is 3.85. The van der Waals surface area contributed by atoms with Gasteiger partial charge in [-0.05, 0) is 24.6 Å². The number of nitro groups is 1. The Hall–Kier alpha value is -2.77. The minimum atomic E-state index is -0.963. The molecule has 0 aliphatic carbocycles. The van der Waals surface area contributed by atoms with Gasteiger partial charge in [-0.1, -0.05) is 0 Å². The zero-order valence-electron chi connectivity index (χ0n) is 11.0. The molecule has 8 heteroatoms. The lowest BCUT2D eigenvalue weighted by Gasteiger charge is -2.05. The van der Waals surface area contributed by atoms with Crippen LogP contribution in [0.1, 0.15) is 16.8 Å². The quantitative estimate of drug-likeness (QED) is 0.499. The molecule has 2 rings (SSSR count). The number of rotatable bonds is 6. The van der Waals surface area contributed by atoms with Crippen molar-refractivity contribution in [3.05, 3.63) is 58.2 Å². The van der Waals surface area contributed by atoms with Gasteiger partial charge in [-0.15, -0.1) is 0 Å². The van der Waals surface area contributed by atoms with Gasteiger partial charge in [-0.25, -0.2) is 0 Å². The zero-order chi connectivity index (χ0) is 15.2. The van der Waals surface area contributed by atoms with Gasteiger partial charge in [0.1, 0.15) is 0 Å². The Labute approximate surface area is 119 Å². The maximum Gasteiger partial charge on any atom is 0.305 e. The number of halogens is 1. The Morgan fingerprint density at radius 2 is 2.29 bits per heavy atom. The Morgan fingerprint density at radius 3 is 2.95 bits per heavy atom. The summed E-state index contributed by atoms with van der Waals surface area (Å²) in [6, 6.07) is 4.86. The van der Waals surface area contributed by atoms with Crippen molar-refractivity contribution >= 4 is 11.6 Å². The van der Waals surface area contributed by atoms with Crippen LogP contribution in [0.5, 0.6) is 0 Å². The molecule has 0 aliphatic rings. The first-order valence-electron chi connectivity index (χ1n) is 6.27. The van der Waals surface area contributed by atoms with E-state index in [-0.39, 0.29) is 5.56 Å². The van der Waals surface area contributed by atoms with E-state index in [1.54, 1.807) is 16.9 Å². The van der Waals surface area contributed by atoms with E-state index in [9.17, 15) is 19.3 Å². The summed E-state index contributed by atoms with van der Waals surface area (Å²) in [6.07, 6.45) is 4.14. The van der Waals surface area contributed by atoms with Crippen LogP contribution >= 0.6 is 0 Å². The molecule has 1 amide bonds. The molecule has 1 aromatic heterocycles. The summed E-state index contributed by atoms with van der Waals surface area (Å²) in [5, 5.41) is 17.3. The average Bonchev–Trinajstić information content (AvgIpc) is 2.96. The molecule has 0 atom stereocenters. The highest BCUT2D eigenvalue weighted by molar-refractivity contribution is 5.94. The summed E-state index contributed by atoms with van der Waals surface area (Å²) in [7, 11) is 0. The topological polar surface area (TPSA) is 90.1 Å². The van der Waals surface area contributed by atoms with Crippen LogP contribution in [0, 0.1) is 15.9 Å². The van der Waals surface area contributed by atoms with Gasteiger partial charge in [0.2, 0.25) is 5.82 Å². The minimum absolute atomic E-state index is 0.0576. The third-order valence-electron chi connectivity index (χ3n) is 2.81. The van der Waals surface area contributed by atoms with E-state index >= 15 is 0 Å². The highest BCUT2D eigenvalue weighted by atomic mass is 19.1. The Morgan fingerprint density at radius 1 is 1.48 bits per heavy atom. The molecule has 0 saturated heterocycles. The van der Waals surface area contributed by atoms with E-state index in [4.69, 9.17) is 0 Å². The Bertz CT molecular complexity index is 643. The van der Waals surface area contributed by atoms with Crippen LogP contribution in [0.2, 0.25) is 0 Å². The molecule has 1 aromatic carbocycles. The number of hydrogen-bond donors (Lipinski definition) is 1. The predicted molar refractivity (Wildman–Crippen MR) is 72.2 cm³/mol. The monoisotopic (exact) mass is 292 g/mol. The van der Waals surface area contributed by atoms with Gasteiger partial charge in [-0.3, -0.25) is 19.6 Å². The van der Waals surface area contributed by atoms with Crippen molar-refractivity contribution in [1.29, 1.82) is 0 Å². The lowest BCUT2D eigenvalue weighted by atomic mass is 10.2. The number of hydrogen-bond acceptors (Lipinski definition) is 4. The predicted octanol–water partition coefficient (Wildman–Crippen LogP) is 1.75. The first-order chi connectivity index (χ1) is 10.1. The number of amides is 1. The van der Waals surface area contributed by atoms with Crippen molar-refractivity contribution in [2.45, 2.75) is 13.0 Å². The number of nitro benzene ring substituents is 1. The number of benzene rings is 1. The fraction of sp³-hybridized carbons (Fsp3) is 0.231. The smallest absolute Gasteiger partial charge is 0.305 e. The molecule has 2 aromatic rings. The third-order valence-corrected chi connectivity index (χ3v) is 2.81. The van der Waals surface area contributed by atoms with Gasteiger partial charge in [0.15, 0.2) is 0 Å². The average molecular weight is 292 g/mol. The van der Waals surface area contributed by atoms with Crippen molar-refractivity contribution in [3.63, 3.8) is 0 Å². The summed E-state index contributed by atoms with van der Waals surface area (Å²) in [5.41, 5.74) is -0.651. The van der Waals surface area contributed by atoms with Gasteiger partial charge in [0.25, 0.3) is 5.91 Å². The SMILES string of the molecule is O=C(NCCCn1cccn1)c1ccc(F)c([N+](=O)[O-])c1. The second-order valence-electron chi connectivity index (χ2n) is 4.30. The first-order valence-corrected chi connectivity index (χ1v) is 6.27. The van der Waals surface area contributed by atoms with Crippen LogP contribution in [0.15, 0.2) is 36.7 Å². The molecule has 1 N–H and O–H groups in total. The van der Waals surface area contributed by atoms with E-state index in [1.807, 2.05) is 6.20 Å². The highest BCUT2D eigenvalue weighted by Gasteiger charge is 2.17.